The van der Waals surface area contributed by atoms with Crippen LogP contribution in [0.4, 0.5) is 0 Å². The Morgan fingerprint density at radius 3 is 2.89 bits per heavy atom. The van der Waals surface area contributed by atoms with E-state index in [9.17, 15) is 4.79 Å². The molecule has 0 radical (unpaired) electrons. The van der Waals surface area contributed by atoms with Gasteiger partial charge < -0.3 is 10.7 Å². The lowest BCUT2D eigenvalue weighted by molar-refractivity contribution is 0.171. The van der Waals surface area contributed by atoms with Crippen LogP contribution in [0.2, 0.25) is 0 Å². The van der Waals surface area contributed by atoms with Crippen molar-refractivity contribution in [1.82, 2.24) is 19.9 Å². The Labute approximate surface area is 164 Å². The van der Waals surface area contributed by atoms with Crippen LogP contribution in [0.3, 0.4) is 0 Å². The molecule has 0 bridgehead atoms. The Balaban J connectivity index is 1.59. The number of H-pyrrole nitrogens is 1. The van der Waals surface area contributed by atoms with Gasteiger partial charge in [0.2, 0.25) is 0 Å². The number of nitrogens with two attached hydrogens (primary N) is 1. The average molecular weight is 375 g/mol. The molecule has 3 heterocycles. The summed E-state index contributed by atoms with van der Waals surface area (Å²) in [6.45, 7) is 3.79. The van der Waals surface area contributed by atoms with Crippen molar-refractivity contribution in [2.45, 2.75) is 19.4 Å². The van der Waals surface area contributed by atoms with Crippen molar-refractivity contribution in [2.24, 2.45) is 11.7 Å². The smallest absolute Gasteiger partial charge is 0.251 e. The van der Waals surface area contributed by atoms with E-state index in [2.05, 4.69) is 32.0 Å². The third-order valence-electron chi connectivity index (χ3n) is 5.24. The molecule has 0 spiro atoms. The van der Waals surface area contributed by atoms with E-state index >= 15 is 0 Å². The fourth-order valence-electron chi connectivity index (χ4n) is 3.82. The molecule has 144 valence electrons. The summed E-state index contributed by atoms with van der Waals surface area (Å²) in [4.78, 5) is 26.3. The average Bonchev–Trinajstić information content (AvgIpc) is 2.74. The van der Waals surface area contributed by atoms with E-state index in [-0.39, 0.29) is 5.56 Å². The normalized spacial score (nSPS) is 17.5. The Hall–Kier alpha value is -2.83. The standard InChI is InChI=1S/C22H25N5O/c23-12-17-5-3-9-27(15-17)14-16-4-1-6-18(10-16)22-25-20(11-21(28)26-22)19-7-2-8-24-13-19/h1-2,4,6-8,10-11,13,17H,3,5,9,12,14-15,23H2,(H,25,26,28)/t17-/m1/s1. The highest BCUT2D eigenvalue weighted by molar-refractivity contribution is 5.63. The van der Waals surface area contributed by atoms with Gasteiger partial charge in [-0.25, -0.2) is 4.98 Å². The van der Waals surface area contributed by atoms with Crippen LogP contribution >= 0.6 is 0 Å². The molecule has 0 aliphatic carbocycles. The zero-order chi connectivity index (χ0) is 19.3. The van der Waals surface area contributed by atoms with Crippen LogP contribution in [0.5, 0.6) is 0 Å². The molecule has 1 aliphatic heterocycles. The zero-order valence-corrected chi connectivity index (χ0v) is 15.8. The third kappa shape index (κ3) is 4.35. The Morgan fingerprint density at radius 1 is 1.18 bits per heavy atom. The van der Waals surface area contributed by atoms with Crippen molar-refractivity contribution >= 4 is 0 Å². The minimum absolute atomic E-state index is 0.170. The number of nitrogens with one attached hydrogen (secondary N) is 1. The van der Waals surface area contributed by atoms with Crippen molar-refractivity contribution in [3.05, 3.63) is 70.8 Å². The number of aromatic nitrogens is 3. The summed E-state index contributed by atoms with van der Waals surface area (Å²) in [5.74, 6) is 1.16. The van der Waals surface area contributed by atoms with Crippen molar-refractivity contribution in [3.8, 4) is 22.6 Å². The van der Waals surface area contributed by atoms with Gasteiger partial charge in [-0.1, -0.05) is 18.2 Å². The molecule has 1 saturated heterocycles. The molecule has 3 aromatic rings. The van der Waals surface area contributed by atoms with E-state index in [1.807, 2.05) is 24.3 Å². The summed E-state index contributed by atoms with van der Waals surface area (Å²) in [7, 11) is 0. The Kier molecular flexibility index (Phi) is 5.60. The molecule has 1 aromatic carbocycles. The van der Waals surface area contributed by atoms with E-state index in [0.717, 1.165) is 37.3 Å². The van der Waals surface area contributed by atoms with Gasteiger partial charge in [0.15, 0.2) is 0 Å². The van der Waals surface area contributed by atoms with Crippen LogP contribution < -0.4 is 11.3 Å². The maximum Gasteiger partial charge on any atom is 0.251 e. The maximum absolute atomic E-state index is 12.2. The Bertz CT molecular complexity index is 985. The van der Waals surface area contributed by atoms with Crippen LogP contribution in [-0.2, 0) is 6.54 Å². The molecular formula is C22H25N5O. The first kappa shape index (κ1) is 18.5. The predicted octanol–water partition coefficient (Wildman–Crippen LogP) is 2.67. The summed E-state index contributed by atoms with van der Waals surface area (Å²) in [5.41, 5.74) is 9.26. The molecule has 6 nitrogen and oxygen atoms in total. The van der Waals surface area contributed by atoms with Gasteiger partial charge in [-0.3, -0.25) is 14.7 Å². The number of benzene rings is 1. The maximum atomic E-state index is 12.2. The topological polar surface area (TPSA) is 87.9 Å². The summed E-state index contributed by atoms with van der Waals surface area (Å²) < 4.78 is 0. The number of piperidine rings is 1. The fraction of sp³-hybridized carbons (Fsp3) is 0.318. The first-order chi connectivity index (χ1) is 13.7. The molecule has 1 atom stereocenters. The highest BCUT2D eigenvalue weighted by atomic mass is 16.1. The van der Waals surface area contributed by atoms with Crippen molar-refractivity contribution in [2.75, 3.05) is 19.6 Å². The van der Waals surface area contributed by atoms with E-state index in [1.54, 1.807) is 12.4 Å². The predicted molar refractivity (Wildman–Crippen MR) is 111 cm³/mol. The van der Waals surface area contributed by atoms with Crippen LogP contribution in [0, 0.1) is 5.92 Å². The van der Waals surface area contributed by atoms with Gasteiger partial charge in [0, 0.05) is 42.7 Å². The van der Waals surface area contributed by atoms with E-state index in [4.69, 9.17) is 5.73 Å². The number of hydrogen-bond acceptors (Lipinski definition) is 5. The van der Waals surface area contributed by atoms with E-state index < -0.39 is 0 Å². The second kappa shape index (κ2) is 8.46. The highest BCUT2D eigenvalue weighted by Gasteiger charge is 2.18. The lowest BCUT2D eigenvalue weighted by Crippen LogP contribution is -2.37. The molecule has 0 unspecified atom stereocenters. The molecule has 28 heavy (non-hydrogen) atoms. The zero-order valence-electron chi connectivity index (χ0n) is 15.8. The molecule has 1 aliphatic rings. The molecule has 6 heteroatoms. The van der Waals surface area contributed by atoms with Crippen molar-refractivity contribution in [3.63, 3.8) is 0 Å². The molecule has 3 N–H and O–H groups in total. The minimum atomic E-state index is -0.170. The first-order valence-electron chi connectivity index (χ1n) is 9.75. The summed E-state index contributed by atoms with van der Waals surface area (Å²) in [6, 6.07) is 13.5. The molecule has 1 fully saturated rings. The molecule has 2 aromatic heterocycles. The van der Waals surface area contributed by atoms with Crippen LogP contribution in [0.1, 0.15) is 18.4 Å². The van der Waals surface area contributed by atoms with Crippen LogP contribution in [0.15, 0.2) is 59.7 Å². The Morgan fingerprint density at radius 2 is 2.07 bits per heavy atom. The molecule has 0 saturated carbocycles. The molecule has 4 rings (SSSR count). The minimum Gasteiger partial charge on any atom is -0.330 e. The summed E-state index contributed by atoms with van der Waals surface area (Å²) in [5, 5.41) is 0. The first-order valence-corrected chi connectivity index (χ1v) is 9.75. The quantitative estimate of drug-likeness (QED) is 0.716. The van der Waals surface area contributed by atoms with Gasteiger partial charge >= 0.3 is 0 Å². The molecule has 0 amide bonds. The van der Waals surface area contributed by atoms with Crippen molar-refractivity contribution < 1.29 is 0 Å². The fourth-order valence-corrected chi connectivity index (χ4v) is 3.82. The lowest BCUT2D eigenvalue weighted by Gasteiger charge is -2.32. The second-order valence-corrected chi connectivity index (χ2v) is 7.40. The van der Waals surface area contributed by atoms with Crippen LogP contribution in [-0.4, -0.2) is 39.5 Å². The second-order valence-electron chi connectivity index (χ2n) is 7.40. The molecular weight excluding hydrogens is 350 g/mol. The van der Waals surface area contributed by atoms with E-state index in [0.29, 0.717) is 17.4 Å². The number of nitrogens with zero attached hydrogens (tertiary/aromatic N) is 3. The lowest BCUT2D eigenvalue weighted by atomic mass is 9.97. The van der Waals surface area contributed by atoms with Gasteiger partial charge in [0.1, 0.15) is 5.82 Å². The van der Waals surface area contributed by atoms with Crippen LogP contribution in [0.25, 0.3) is 22.6 Å². The largest absolute Gasteiger partial charge is 0.330 e. The van der Waals surface area contributed by atoms with Gasteiger partial charge in [0.05, 0.1) is 5.69 Å². The summed E-state index contributed by atoms with van der Waals surface area (Å²) >= 11 is 0. The number of aromatic amines is 1. The monoisotopic (exact) mass is 375 g/mol. The van der Waals surface area contributed by atoms with Gasteiger partial charge in [-0.15, -0.1) is 0 Å². The number of rotatable bonds is 5. The van der Waals surface area contributed by atoms with Gasteiger partial charge in [0.25, 0.3) is 5.56 Å². The number of hydrogen-bond donors (Lipinski definition) is 2. The van der Waals surface area contributed by atoms with Gasteiger partial charge in [-0.2, -0.15) is 0 Å². The third-order valence-corrected chi connectivity index (χ3v) is 5.24. The number of likely N-dealkylation sites (tertiary alicyclic amines) is 1. The SMILES string of the molecule is NC[C@H]1CCCN(Cc2cccc(-c3nc(-c4cccnc4)cc(=O)[nH]3)c2)C1. The van der Waals surface area contributed by atoms with Gasteiger partial charge in [-0.05, 0) is 55.6 Å². The van der Waals surface area contributed by atoms with E-state index in [1.165, 1.54) is 24.5 Å². The summed E-state index contributed by atoms with van der Waals surface area (Å²) in [6.07, 6.45) is 5.84. The highest BCUT2D eigenvalue weighted by Crippen LogP contribution is 2.22. The van der Waals surface area contributed by atoms with Crippen molar-refractivity contribution in [1.29, 1.82) is 0 Å². The number of pyridine rings is 1.